The van der Waals surface area contributed by atoms with Crippen molar-refractivity contribution in [2.24, 2.45) is 0 Å². The Morgan fingerprint density at radius 3 is 1.48 bits per heavy atom. The van der Waals surface area contributed by atoms with Crippen LogP contribution >= 0.6 is 0 Å². The Balaban J connectivity index is 1.56. The molecule has 1 aromatic heterocycles. The first-order valence-electron chi connectivity index (χ1n) is 9.16. The van der Waals surface area contributed by atoms with Crippen LogP contribution in [0.1, 0.15) is 11.1 Å². The minimum Gasteiger partial charge on any atom is -0.497 e. The van der Waals surface area contributed by atoms with Gasteiger partial charge < -0.3 is 20.1 Å². The fourth-order valence-corrected chi connectivity index (χ4v) is 2.44. The van der Waals surface area contributed by atoms with Gasteiger partial charge in [-0.05, 0) is 57.9 Å². The Morgan fingerprint density at radius 1 is 0.742 bits per heavy atom. The molecule has 0 aliphatic carbocycles. The van der Waals surface area contributed by atoms with Crippen LogP contribution in [-0.2, 0) is 9.59 Å². The van der Waals surface area contributed by atoms with Crippen LogP contribution in [0.15, 0.2) is 65.3 Å². The molecule has 9 heteroatoms. The van der Waals surface area contributed by atoms with Gasteiger partial charge in [0, 0.05) is 12.2 Å². The number of anilines is 2. The van der Waals surface area contributed by atoms with Gasteiger partial charge in [0.05, 0.1) is 14.2 Å². The highest BCUT2D eigenvalue weighted by Crippen LogP contribution is 2.17. The SMILES string of the molecule is COc1ccc(C=CC(=O)Nc2nonc2NC(=O)C=Cc2ccc(OC)cc2)cc1. The first-order chi connectivity index (χ1) is 15.1. The van der Waals surface area contributed by atoms with E-state index < -0.39 is 11.8 Å². The fraction of sp³-hybridized carbons (Fsp3) is 0.0909. The summed E-state index contributed by atoms with van der Waals surface area (Å²) >= 11 is 0. The average Bonchev–Trinajstić information content (AvgIpc) is 3.23. The van der Waals surface area contributed by atoms with Gasteiger partial charge >= 0.3 is 0 Å². The lowest BCUT2D eigenvalue weighted by molar-refractivity contribution is -0.112. The van der Waals surface area contributed by atoms with Crippen LogP contribution in [-0.4, -0.2) is 36.3 Å². The van der Waals surface area contributed by atoms with E-state index in [1.807, 2.05) is 0 Å². The van der Waals surface area contributed by atoms with Gasteiger partial charge in [-0.15, -0.1) is 0 Å². The maximum absolute atomic E-state index is 12.1. The van der Waals surface area contributed by atoms with Gasteiger partial charge in [0.15, 0.2) is 0 Å². The topological polar surface area (TPSA) is 116 Å². The van der Waals surface area contributed by atoms with E-state index in [2.05, 4.69) is 25.6 Å². The van der Waals surface area contributed by atoms with E-state index in [4.69, 9.17) is 9.47 Å². The molecule has 158 valence electrons. The monoisotopic (exact) mass is 420 g/mol. The smallest absolute Gasteiger partial charge is 0.249 e. The number of methoxy groups -OCH3 is 2. The molecule has 0 saturated heterocycles. The molecule has 31 heavy (non-hydrogen) atoms. The third-order valence-electron chi connectivity index (χ3n) is 4.06. The maximum Gasteiger partial charge on any atom is 0.249 e. The summed E-state index contributed by atoms with van der Waals surface area (Å²) in [5.41, 5.74) is 1.62. The molecule has 0 atom stereocenters. The molecule has 2 aromatic carbocycles. The van der Waals surface area contributed by atoms with Gasteiger partial charge in [0.2, 0.25) is 23.5 Å². The lowest BCUT2D eigenvalue weighted by Crippen LogP contribution is -2.13. The molecule has 3 aromatic rings. The summed E-state index contributed by atoms with van der Waals surface area (Å²) in [6, 6.07) is 14.4. The summed E-state index contributed by atoms with van der Waals surface area (Å²) < 4.78 is 14.8. The van der Waals surface area contributed by atoms with E-state index in [-0.39, 0.29) is 11.6 Å². The number of amides is 2. The van der Waals surface area contributed by atoms with Gasteiger partial charge in [0.25, 0.3) is 0 Å². The van der Waals surface area contributed by atoms with Crippen LogP contribution in [0.4, 0.5) is 11.6 Å². The number of benzene rings is 2. The first-order valence-corrected chi connectivity index (χ1v) is 9.16. The molecule has 9 nitrogen and oxygen atoms in total. The van der Waals surface area contributed by atoms with Crippen LogP contribution < -0.4 is 20.1 Å². The summed E-state index contributed by atoms with van der Waals surface area (Å²) in [5, 5.41) is 12.2. The van der Waals surface area contributed by atoms with Crippen LogP contribution in [0.25, 0.3) is 12.2 Å². The van der Waals surface area contributed by atoms with E-state index in [1.165, 1.54) is 12.2 Å². The Bertz CT molecular complexity index is 1000. The zero-order chi connectivity index (χ0) is 22.1. The molecule has 0 radical (unpaired) electrons. The molecule has 0 saturated carbocycles. The zero-order valence-electron chi connectivity index (χ0n) is 16.9. The molecule has 2 N–H and O–H groups in total. The molecule has 0 aliphatic rings. The quantitative estimate of drug-likeness (QED) is 0.537. The number of nitrogens with one attached hydrogen (secondary N) is 2. The molecular formula is C22H20N4O5. The predicted octanol–water partition coefficient (Wildman–Crippen LogP) is 3.39. The summed E-state index contributed by atoms with van der Waals surface area (Å²) in [5.74, 6) is 0.506. The fourth-order valence-electron chi connectivity index (χ4n) is 2.44. The number of hydrogen-bond donors (Lipinski definition) is 2. The van der Waals surface area contributed by atoms with Crippen molar-refractivity contribution in [2.45, 2.75) is 0 Å². The zero-order valence-corrected chi connectivity index (χ0v) is 16.9. The number of hydrogen-bond acceptors (Lipinski definition) is 7. The molecule has 0 fully saturated rings. The van der Waals surface area contributed by atoms with Crippen molar-refractivity contribution >= 4 is 35.6 Å². The van der Waals surface area contributed by atoms with Gasteiger partial charge in [-0.2, -0.15) is 0 Å². The van der Waals surface area contributed by atoms with Crippen molar-refractivity contribution in [1.29, 1.82) is 0 Å². The van der Waals surface area contributed by atoms with Crippen LogP contribution in [0.2, 0.25) is 0 Å². The van der Waals surface area contributed by atoms with Crippen molar-refractivity contribution in [2.75, 3.05) is 24.9 Å². The lowest BCUT2D eigenvalue weighted by atomic mass is 10.2. The van der Waals surface area contributed by atoms with Gasteiger partial charge in [-0.3, -0.25) is 9.59 Å². The van der Waals surface area contributed by atoms with E-state index in [0.29, 0.717) is 0 Å². The normalized spacial score (nSPS) is 10.9. The number of carbonyl (C=O) groups excluding carboxylic acids is 2. The highest BCUT2D eigenvalue weighted by atomic mass is 16.6. The van der Waals surface area contributed by atoms with E-state index in [9.17, 15) is 9.59 Å². The van der Waals surface area contributed by atoms with Crippen molar-refractivity contribution in [1.82, 2.24) is 10.3 Å². The average molecular weight is 420 g/mol. The maximum atomic E-state index is 12.1. The van der Waals surface area contributed by atoms with Crippen molar-refractivity contribution in [3.05, 3.63) is 71.8 Å². The third-order valence-corrected chi connectivity index (χ3v) is 4.06. The summed E-state index contributed by atoms with van der Waals surface area (Å²) in [4.78, 5) is 24.3. The number of nitrogens with zero attached hydrogens (tertiary/aromatic N) is 2. The third kappa shape index (κ3) is 6.29. The Hall–Kier alpha value is -4.40. The number of carbonyl (C=O) groups is 2. The van der Waals surface area contributed by atoms with Crippen molar-refractivity contribution in [3.63, 3.8) is 0 Å². The van der Waals surface area contributed by atoms with E-state index in [1.54, 1.807) is 74.9 Å². The second-order valence-electron chi connectivity index (χ2n) is 6.15. The van der Waals surface area contributed by atoms with E-state index in [0.717, 1.165) is 22.6 Å². The van der Waals surface area contributed by atoms with Crippen LogP contribution in [0.5, 0.6) is 11.5 Å². The summed E-state index contributed by atoms with van der Waals surface area (Å²) in [7, 11) is 3.16. The lowest BCUT2D eigenvalue weighted by Gasteiger charge is -2.01. The highest BCUT2D eigenvalue weighted by molar-refractivity contribution is 6.06. The molecule has 0 aliphatic heterocycles. The molecule has 1 heterocycles. The predicted molar refractivity (Wildman–Crippen MR) is 116 cm³/mol. The van der Waals surface area contributed by atoms with Crippen LogP contribution in [0.3, 0.4) is 0 Å². The van der Waals surface area contributed by atoms with Gasteiger partial charge in [0.1, 0.15) is 11.5 Å². The summed E-state index contributed by atoms with van der Waals surface area (Å²) in [6.07, 6.45) is 5.90. The van der Waals surface area contributed by atoms with Crippen LogP contribution in [0, 0.1) is 0 Å². The molecule has 0 spiro atoms. The number of rotatable bonds is 8. The largest absolute Gasteiger partial charge is 0.497 e. The second-order valence-corrected chi connectivity index (χ2v) is 6.15. The Morgan fingerprint density at radius 2 is 1.13 bits per heavy atom. The van der Waals surface area contributed by atoms with Crippen molar-refractivity contribution < 1.29 is 23.7 Å². The molecule has 0 bridgehead atoms. The number of ether oxygens (including phenoxy) is 2. The molecule has 0 unspecified atom stereocenters. The molecule has 3 rings (SSSR count). The highest BCUT2D eigenvalue weighted by Gasteiger charge is 2.13. The standard InChI is InChI=1S/C22H20N4O5/c1-29-17-9-3-15(4-10-17)7-13-19(27)23-21-22(26-31-25-21)24-20(28)14-8-16-5-11-18(30-2)12-6-16/h3-14H,1-2H3,(H,23,25,27)(H,24,26,28). The molecular weight excluding hydrogens is 400 g/mol. The second kappa shape index (κ2) is 10.4. The Labute approximate surface area is 178 Å². The minimum atomic E-state index is -0.462. The minimum absolute atomic E-state index is 0.00409. The van der Waals surface area contributed by atoms with Gasteiger partial charge in [-0.1, -0.05) is 24.3 Å². The first kappa shape index (κ1) is 21.3. The number of aromatic nitrogens is 2. The van der Waals surface area contributed by atoms with Gasteiger partial charge in [-0.25, -0.2) is 4.63 Å². The van der Waals surface area contributed by atoms with Crippen molar-refractivity contribution in [3.8, 4) is 11.5 Å². The summed E-state index contributed by atoms with van der Waals surface area (Å²) in [6.45, 7) is 0. The van der Waals surface area contributed by atoms with E-state index >= 15 is 0 Å². The molecule has 2 amide bonds. The Kier molecular flexibility index (Phi) is 7.15.